The van der Waals surface area contributed by atoms with Crippen molar-refractivity contribution in [1.82, 2.24) is 0 Å². The van der Waals surface area contributed by atoms with Gasteiger partial charge in [0, 0.05) is 0 Å². The lowest BCUT2D eigenvalue weighted by molar-refractivity contribution is -0.275. The molecule has 0 N–H and O–H groups in total. The van der Waals surface area contributed by atoms with E-state index in [-0.39, 0.29) is 19.0 Å². The third kappa shape index (κ3) is 5.49. The predicted molar refractivity (Wildman–Crippen MR) is 80.1 cm³/mol. The Morgan fingerprint density at radius 1 is 0.958 bits per heavy atom. The van der Waals surface area contributed by atoms with Gasteiger partial charge in [-0.05, 0) is 31.2 Å². The van der Waals surface area contributed by atoms with Gasteiger partial charge in [0.15, 0.2) is 11.5 Å². The first-order chi connectivity index (χ1) is 11.3. The fourth-order valence-corrected chi connectivity index (χ4v) is 1.84. The Balaban J connectivity index is 1.84. The van der Waals surface area contributed by atoms with Crippen molar-refractivity contribution < 1.29 is 32.2 Å². The van der Waals surface area contributed by atoms with Gasteiger partial charge < -0.3 is 14.2 Å². The molecular weight excluding hydrogens is 325 g/mol. The lowest BCUT2D eigenvalue weighted by atomic mass is 10.1. The van der Waals surface area contributed by atoms with Crippen LogP contribution in [0.5, 0.6) is 11.5 Å². The highest BCUT2D eigenvalue weighted by atomic mass is 19.4. The van der Waals surface area contributed by atoms with Crippen LogP contribution in [-0.4, -0.2) is 25.5 Å². The van der Waals surface area contributed by atoms with Crippen LogP contribution in [-0.2, 0) is 4.74 Å². The zero-order valence-corrected chi connectivity index (χ0v) is 12.8. The van der Waals surface area contributed by atoms with E-state index in [0.29, 0.717) is 5.56 Å². The van der Waals surface area contributed by atoms with Crippen molar-refractivity contribution in [3.8, 4) is 11.5 Å². The molecule has 0 radical (unpaired) electrons. The lowest BCUT2D eigenvalue weighted by Crippen LogP contribution is -2.18. The molecule has 0 saturated heterocycles. The zero-order chi connectivity index (χ0) is 17.6. The number of carbonyl (C=O) groups excluding carboxylic acids is 1. The number of benzene rings is 2. The Morgan fingerprint density at radius 2 is 1.58 bits per heavy atom. The van der Waals surface area contributed by atoms with Crippen LogP contribution in [0.15, 0.2) is 48.5 Å². The molecule has 2 aromatic rings. The van der Waals surface area contributed by atoms with Gasteiger partial charge in [0.2, 0.25) is 0 Å². The fourth-order valence-electron chi connectivity index (χ4n) is 1.84. The lowest BCUT2D eigenvalue weighted by Gasteiger charge is -2.14. The molecule has 24 heavy (non-hydrogen) atoms. The number of rotatable bonds is 6. The van der Waals surface area contributed by atoms with E-state index in [1.807, 2.05) is 6.92 Å². The van der Waals surface area contributed by atoms with Gasteiger partial charge in [-0.2, -0.15) is 0 Å². The minimum absolute atomic E-state index is 0.0822. The highest BCUT2D eigenvalue weighted by molar-refractivity contribution is 5.89. The van der Waals surface area contributed by atoms with Crippen LogP contribution < -0.4 is 9.47 Å². The Labute approximate surface area is 136 Å². The maximum atomic E-state index is 12.3. The quantitative estimate of drug-likeness (QED) is 0.586. The van der Waals surface area contributed by atoms with Gasteiger partial charge in [0.25, 0.3) is 0 Å². The molecule has 0 spiro atoms. The molecule has 0 heterocycles. The second-order valence-corrected chi connectivity index (χ2v) is 4.84. The Bertz CT molecular complexity index is 681. The maximum absolute atomic E-state index is 12.3. The minimum Gasteiger partial charge on any atom is -0.486 e. The van der Waals surface area contributed by atoms with E-state index in [2.05, 4.69) is 4.74 Å². The fraction of sp³-hybridized carbons (Fsp3) is 0.235. The number of para-hydroxylation sites is 2. The first-order valence-corrected chi connectivity index (χ1v) is 7.06. The summed E-state index contributed by atoms with van der Waals surface area (Å²) in [5, 5.41) is 0. The Hall–Kier alpha value is -2.70. The van der Waals surface area contributed by atoms with Gasteiger partial charge in [0.05, 0.1) is 5.56 Å². The van der Waals surface area contributed by atoms with Crippen molar-refractivity contribution in [2.75, 3.05) is 13.2 Å². The average molecular weight is 340 g/mol. The van der Waals surface area contributed by atoms with Crippen LogP contribution in [0.2, 0.25) is 0 Å². The Kier molecular flexibility index (Phi) is 5.68. The van der Waals surface area contributed by atoms with Crippen LogP contribution in [0.4, 0.5) is 13.2 Å². The normalized spacial score (nSPS) is 11.0. The SMILES string of the molecule is Cc1ccc(C(=O)OCCOc2ccccc2OC(F)(F)F)cc1. The summed E-state index contributed by atoms with van der Waals surface area (Å²) in [6.07, 6.45) is -4.81. The van der Waals surface area contributed by atoms with Crippen molar-refractivity contribution >= 4 is 5.97 Å². The zero-order valence-electron chi connectivity index (χ0n) is 12.8. The number of alkyl halides is 3. The van der Waals surface area contributed by atoms with E-state index >= 15 is 0 Å². The van der Waals surface area contributed by atoms with Crippen molar-refractivity contribution in [2.24, 2.45) is 0 Å². The summed E-state index contributed by atoms with van der Waals surface area (Å²) >= 11 is 0. The number of ether oxygens (including phenoxy) is 3. The standard InChI is InChI=1S/C17H15F3O4/c1-12-6-8-13(9-7-12)16(21)23-11-10-22-14-4-2-3-5-15(14)24-17(18,19)20/h2-9H,10-11H2,1H3. The first-order valence-electron chi connectivity index (χ1n) is 7.06. The minimum atomic E-state index is -4.81. The molecule has 0 aromatic heterocycles. The molecule has 0 aliphatic rings. The number of aryl methyl sites for hydroxylation is 1. The molecule has 0 unspecified atom stereocenters. The van der Waals surface area contributed by atoms with E-state index in [0.717, 1.165) is 11.6 Å². The highest BCUT2D eigenvalue weighted by Gasteiger charge is 2.32. The monoisotopic (exact) mass is 340 g/mol. The van der Waals surface area contributed by atoms with Crippen LogP contribution in [0.1, 0.15) is 15.9 Å². The van der Waals surface area contributed by atoms with E-state index in [4.69, 9.17) is 9.47 Å². The van der Waals surface area contributed by atoms with Crippen molar-refractivity contribution in [1.29, 1.82) is 0 Å². The number of esters is 1. The van der Waals surface area contributed by atoms with Crippen molar-refractivity contribution in [2.45, 2.75) is 13.3 Å². The summed E-state index contributed by atoms with van der Waals surface area (Å²) in [6.45, 7) is 1.69. The number of halogens is 3. The summed E-state index contributed by atoms with van der Waals surface area (Å²) < 4.78 is 50.9. The molecule has 0 fully saturated rings. The van der Waals surface area contributed by atoms with Crippen molar-refractivity contribution in [3.05, 3.63) is 59.7 Å². The van der Waals surface area contributed by atoms with E-state index in [1.54, 1.807) is 24.3 Å². The summed E-state index contributed by atoms with van der Waals surface area (Å²) in [5.74, 6) is -1.06. The molecule has 0 amide bonds. The van der Waals surface area contributed by atoms with Gasteiger partial charge in [-0.3, -0.25) is 0 Å². The molecule has 128 valence electrons. The second kappa shape index (κ2) is 7.72. The molecule has 0 bridgehead atoms. The van der Waals surface area contributed by atoms with Gasteiger partial charge in [-0.25, -0.2) is 4.79 Å². The van der Waals surface area contributed by atoms with E-state index in [1.165, 1.54) is 18.2 Å². The summed E-state index contributed by atoms with van der Waals surface area (Å²) in [4.78, 5) is 11.8. The number of hydrogen-bond donors (Lipinski definition) is 0. The van der Waals surface area contributed by atoms with Crippen molar-refractivity contribution in [3.63, 3.8) is 0 Å². The van der Waals surface area contributed by atoms with Gasteiger partial charge in [0.1, 0.15) is 13.2 Å². The second-order valence-electron chi connectivity index (χ2n) is 4.84. The molecular formula is C17H15F3O4. The van der Waals surface area contributed by atoms with Gasteiger partial charge >= 0.3 is 12.3 Å². The van der Waals surface area contributed by atoms with Gasteiger partial charge in [-0.1, -0.05) is 29.8 Å². The first kappa shape index (κ1) is 17.7. The highest BCUT2D eigenvalue weighted by Crippen LogP contribution is 2.31. The third-order valence-corrected chi connectivity index (χ3v) is 2.94. The molecule has 0 saturated carbocycles. The Morgan fingerprint density at radius 3 is 2.21 bits per heavy atom. The molecule has 4 nitrogen and oxygen atoms in total. The van der Waals surface area contributed by atoms with Crippen LogP contribution >= 0.6 is 0 Å². The molecule has 0 aliphatic heterocycles. The topological polar surface area (TPSA) is 44.8 Å². The number of carbonyl (C=O) groups is 1. The van der Waals surface area contributed by atoms with Crippen LogP contribution in [0.3, 0.4) is 0 Å². The van der Waals surface area contributed by atoms with E-state index < -0.39 is 18.1 Å². The number of hydrogen-bond acceptors (Lipinski definition) is 4. The largest absolute Gasteiger partial charge is 0.573 e. The summed E-state index contributed by atoms with van der Waals surface area (Å²) in [6, 6.07) is 12.2. The molecule has 0 atom stereocenters. The van der Waals surface area contributed by atoms with Crippen LogP contribution in [0, 0.1) is 6.92 Å². The third-order valence-electron chi connectivity index (χ3n) is 2.94. The average Bonchev–Trinajstić information content (AvgIpc) is 2.52. The molecule has 7 heteroatoms. The molecule has 2 aromatic carbocycles. The van der Waals surface area contributed by atoms with E-state index in [9.17, 15) is 18.0 Å². The summed E-state index contributed by atoms with van der Waals surface area (Å²) in [7, 11) is 0. The maximum Gasteiger partial charge on any atom is 0.573 e. The molecule has 2 rings (SSSR count). The van der Waals surface area contributed by atoms with Gasteiger partial charge in [-0.15, -0.1) is 13.2 Å². The predicted octanol–water partition coefficient (Wildman–Crippen LogP) is 4.13. The summed E-state index contributed by atoms with van der Waals surface area (Å²) in [5.41, 5.74) is 1.40. The smallest absolute Gasteiger partial charge is 0.486 e. The molecule has 0 aliphatic carbocycles. The van der Waals surface area contributed by atoms with Crippen LogP contribution in [0.25, 0.3) is 0 Å².